The number of pyridine rings is 1. The summed E-state index contributed by atoms with van der Waals surface area (Å²) in [6, 6.07) is 6.02. The SMILES string of the molecule is CN(C)CCN(C)C(=O)C1CCc2c(sc3ncnc(Nc4ccn5nccc5c4)c23)C1. The van der Waals surface area contributed by atoms with Crippen LogP contribution in [-0.4, -0.2) is 69.5 Å². The summed E-state index contributed by atoms with van der Waals surface area (Å²) in [7, 11) is 5.97. The summed E-state index contributed by atoms with van der Waals surface area (Å²) in [4.78, 5) is 28.3. The van der Waals surface area contributed by atoms with Gasteiger partial charge in [0.2, 0.25) is 5.91 Å². The second-order valence-electron chi connectivity index (χ2n) is 8.65. The molecule has 5 rings (SSSR count). The molecule has 32 heavy (non-hydrogen) atoms. The number of thiophene rings is 1. The van der Waals surface area contributed by atoms with Gasteiger partial charge >= 0.3 is 0 Å². The lowest BCUT2D eigenvalue weighted by atomic mass is 9.87. The standard InChI is InChI=1S/C23H27N7OS/c1-28(2)10-11-29(3)23(31)15-4-5-18-19(12-15)32-22-20(18)21(24-14-25-22)27-16-7-9-30-17(13-16)6-8-26-30/h6-9,13-15H,4-5,10-12H2,1-3H3,(H,24,25,27). The number of anilines is 2. The second-order valence-corrected chi connectivity index (χ2v) is 9.73. The first-order valence-corrected chi connectivity index (χ1v) is 11.7. The molecule has 9 heteroatoms. The van der Waals surface area contributed by atoms with E-state index in [2.05, 4.69) is 31.3 Å². The van der Waals surface area contributed by atoms with Gasteiger partial charge in [0.1, 0.15) is 17.0 Å². The average molecular weight is 450 g/mol. The van der Waals surface area contributed by atoms with Crippen molar-refractivity contribution in [1.29, 1.82) is 0 Å². The number of aromatic nitrogens is 4. The Morgan fingerprint density at radius 1 is 1.25 bits per heavy atom. The van der Waals surface area contributed by atoms with Gasteiger partial charge in [-0.1, -0.05) is 0 Å². The number of nitrogens with zero attached hydrogens (tertiary/aromatic N) is 6. The summed E-state index contributed by atoms with van der Waals surface area (Å²) in [5.41, 5.74) is 3.27. The predicted molar refractivity (Wildman–Crippen MR) is 128 cm³/mol. The van der Waals surface area contributed by atoms with Gasteiger partial charge in [-0.05, 0) is 57.1 Å². The van der Waals surface area contributed by atoms with Gasteiger partial charge < -0.3 is 15.1 Å². The van der Waals surface area contributed by atoms with Crippen LogP contribution in [0.3, 0.4) is 0 Å². The molecule has 0 spiro atoms. The molecule has 0 saturated heterocycles. The van der Waals surface area contributed by atoms with Crippen molar-refractivity contribution in [3.05, 3.63) is 47.4 Å². The summed E-state index contributed by atoms with van der Waals surface area (Å²) in [6.07, 6.45) is 7.84. The smallest absolute Gasteiger partial charge is 0.225 e. The van der Waals surface area contributed by atoms with E-state index in [1.807, 2.05) is 48.9 Å². The van der Waals surface area contributed by atoms with Gasteiger partial charge in [-0.2, -0.15) is 5.10 Å². The third kappa shape index (κ3) is 3.93. The fourth-order valence-corrected chi connectivity index (χ4v) is 5.59. The average Bonchev–Trinajstić information content (AvgIpc) is 3.40. The maximum absolute atomic E-state index is 13.0. The van der Waals surface area contributed by atoms with Crippen molar-refractivity contribution in [2.24, 2.45) is 5.92 Å². The number of rotatable bonds is 6. The molecule has 1 N–H and O–H groups in total. The van der Waals surface area contributed by atoms with Gasteiger partial charge in [-0.25, -0.2) is 14.5 Å². The molecule has 0 fully saturated rings. The molecule has 4 aromatic rings. The van der Waals surface area contributed by atoms with E-state index in [1.54, 1.807) is 23.9 Å². The molecule has 8 nitrogen and oxygen atoms in total. The first-order chi connectivity index (χ1) is 15.5. The normalized spacial score (nSPS) is 15.9. The van der Waals surface area contributed by atoms with E-state index in [1.165, 1.54) is 10.4 Å². The number of amides is 1. The number of nitrogens with one attached hydrogen (secondary N) is 1. The molecule has 0 aromatic carbocycles. The number of carbonyl (C=O) groups is 1. The first-order valence-electron chi connectivity index (χ1n) is 10.8. The van der Waals surface area contributed by atoms with Crippen molar-refractivity contribution in [2.75, 3.05) is 39.5 Å². The Kier molecular flexibility index (Phi) is 5.52. The van der Waals surface area contributed by atoms with Crippen LogP contribution in [0.25, 0.3) is 15.7 Å². The zero-order valence-corrected chi connectivity index (χ0v) is 19.4. The van der Waals surface area contributed by atoms with Crippen molar-refractivity contribution in [3.8, 4) is 0 Å². The Labute approximate surface area is 190 Å². The maximum Gasteiger partial charge on any atom is 0.225 e. The number of fused-ring (bicyclic) bond motifs is 4. The summed E-state index contributed by atoms with van der Waals surface area (Å²) >= 11 is 1.70. The van der Waals surface area contributed by atoms with Crippen LogP contribution in [0.1, 0.15) is 16.9 Å². The number of hydrogen-bond acceptors (Lipinski definition) is 7. The van der Waals surface area contributed by atoms with Gasteiger partial charge in [0.25, 0.3) is 0 Å². The van der Waals surface area contributed by atoms with Gasteiger partial charge in [0.05, 0.1) is 10.9 Å². The topological polar surface area (TPSA) is 78.7 Å². The molecule has 1 aliphatic carbocycles. The minimum atomic E-state index is 0.0383. The fraction of sp³-hybridized carbons (Fsp3) is 0.391. The highest BCUT2D eigenvalue weighted by Crippen LogP contribution is 2.40. The number of carbonyl (C=O) groups excluding carboxylic acids is 1. The first kappa shape index (κ1) is 20.8. The minimum absolute atomic E-state index is 0.0383. The number of aryl methyl sites for hydroxylation is 1. The molecule has 4 aromatic heterocycles. The lowest BCUT2D eigenvalue weighted by molar-refractivity contribution is -0.134. The third-order valence-corrected chi connectivity index (χ3v) is 7.28. The molecule has 166 valence electrons. The van der Waals surface area contributed by atoms with Crippen LogP contribution in [0.5, 0.6) is 0 Å². The van der Waals surface area contributed by atoms with Crippen molar-refractivity contribution >= 4 is 44.5 Å². The molecular weight excluding hydrogens is 422 g/mol. The molecule has 0 bridgehead atoms. The van der Waals surface area contributed by atoms with Gasteiger partial charge in [0.15, 0.2) is 0 Å². The predicted octanol–water partition coefficient (Wildman–Crippen LogP) is 3.21. The van der Waals surface area contributed by atoms with Crippen molar-refractivity contribution in [3.63, 3.8) is 0 Å². The van der Waals surface area contributed by atoms with Crippen molar-refractivity contribution in [1.82, 2.24) is 29.4 Å². The monoisotopic (exact) mass is 449 g/mol. The molecule has 1 amide bonds. The molecule has 1 aliphatic rings. The highest BCUT2D eigenvalue weighted by molar-refractivity contribution is 7.19. The van der Waals surface area contributed by atoms with E-state index in [0.717, 1.165) is 59.6 Å². The van der Waals surface area contributed by atoms with E-state index in [0.29, 0.717) is 0 Å². The quantitative estimate of drug-likeness (QED) is 0.487. The molecule has 0 aliphatic heterocycles. The maximum atomic E-state index is 13.0. The van der Waals surface area contributed by atoms with E-state index in [9.17, 15) is 4.79 Å². The summed E-state index contributed by atoms with van der Waals surface area (Å²) in [6.45, 7) is 1.63. The van der Waals surface area contributed by atoms with Crippen LogP contribution < -0.4 is 5.32 Å². The summed E-state index contributed by atoms with van der Waals surface area (Å²) < 4.78 is 1.83. The van der Waals surface area contributed by atoms with E-state index in [-0.39, 0.29) is 11.8 Å². The van der Waals surface area contributed by atoms with Crippen LogP contribution in [0.4, 0.5) is 11.5 Å². The van der Waals surface area contributed by atoms with E-state index >= 15 is 0 Å². The Bertz CT molecular complexity index is 1280. The summed E-state index contributed by atoms with van der Waals surface area (Å²) in [5, 5.41) is 8.82. The molecule has 1 unspecified atom stereocenters. The molecular formula is C23H27N7OS. The van der Waals surface area contributed by atoms with Crippen LogP contribution in [-0.2, 0) is 17.6 Å². The Hall–Kier alpha value is -3.04. The largest absolute Gasteiger partial charge is 0.344 e. The fourth-order valence-electron chi connectivity index (χ4n) is 4.32. The number of likely N-dealkylation sites (N-methyl/N-ethyl adjacent to an activating group) is 2. The second kappa shape index (κ2) is 8.48. The van der Waals surface area contributed by atoms with Gasteiger partial charge in [0, 0.05) is 49.0 Å². The molecule has 4 heterocycles. The molecule has 1 atom stereocenters. The van der Waals surface area contributed by atoms with Gasteiger partial charge in [-0.15, -0.1) is 11.3 Å². The Morgan fingerprint density at radius 3 is 2.97 bits per heavy atom. The van der Waals surface area contributed by atoms with Crippen LogP contribution in [0, 0.1) is 5.92 Å². The minimum Gasteiger partial charge on any atom is -0.344 e. The lowest BCUT2D eigenvalue weighted by Crippen LogP contribution is -2.39. The summed E-state index contributed by atoms with van der Waals surface area (Å²) in [5.74, 6) is 1.11. The van der Waals surface area contributed by atoms with Gasteiger partial charge in [-0.3, -0.25) is 4.79 Å². The van der Waals surface area contributed by atoms with Crippen LogP contribution in [0.15, 0.2) is 36.9 Å². The Morgan fingerprint density at radius 2 is 2.12 bits per heavy atom. The zero-order chi connectivity index (χ0) is 22.2. The Balaban J connectivity index is 1.39. The van der Waals surface area contributed by atoms with E-state index < -0.39 is 0 Å². The third-order valence-electron chi connectivity index (χ3n) is 6.12. The van der Waals surface area contributed by atoms with Crippen LogP contribution >= 0.6 is 11.3 Å². The highest BCUT2D eigenvalue weighted by atomic mass is 32.1. The van der Waals surface area contributed by atoms with Crippen molar-refractivity contribution in [2.45, 2.75) is 19.3 Å². The zero-order valence-electron chi connectivity index (χ0n) is 18.6. The highest BCUT2D eigenvalue weighted by Gasteiger charge is 2.30. The number of hydrogen-bond donors (Lipinski definition) is 1. The van der Waals surface area contributed by atoms with E-state index in [4.69, 9.17) is 0 Å². The lowest BCUT2D eigenvalue weighted by Gasteiger charge is -2.27. The van der Waals surface area contributed by atoms with Crippen LogP contribution in [0.2, 0.25) is 0 Å². The molecule has 0 saturated carbocycles. The molecule has 0 radical (unpaired) electrons. The van der Waals surface area contributed by atoms with Crippen molar-refractivity contribution < 1.29 is 4.79 Å².